The molecule has 5 heteroatoms. The van der Waals surface area contributed by atoms with Crippen molar-refractivity contribution in [2.24, 2.45) is 0 Å². The summed E-state index contributed by atoms with van der Waals surface area (Å²) >= 11 is 0. The number of amides is 2. The van der Waals surface area contributed by atoms with Crippen LogP contribution >= 0.6 is 0 Å². The number of nitrogens with one attached hydrogen (secondary N) is 2. The van der Waals surface area contributed by atoms with Gasteiger partial charge in [-0.15, -0.1) is 0 Å². The maximum atomic E-state index is 11.9. The fourth-order valence-electron chi connectivity index (χ4n) is 1.91. The van der Waals surface area contributed by atoms with Crippen LogP contribution in [-0.2, 0) is 4.79 Å². The number of carbonyl (C=O) groups is 2. The van der Waals surface area contributed by atoms with E-state index in [1.807, 2.05) is 0 Å². The van der Waals surface area contributed by atoms with E-state index in [4.69, 9.17) is 4.42 Å². The molecule has 1 fully saturated rings. The highest BCUT2D eigenvalue weighted by atomic mass is 16.3. The van der Waals surface area contributed by atoms with Crippen molar-refractivity contribution in [1.82, 2.24) is 10.6 Å². The zero-order valence-corrected chi connectivity index (χ0v) is 9.79. The fourth-order valence-corrected chi connectivity index (χ4v) is 1.91. The highest BCUT2D eigenvalue weighted by molar-refractivity contribution is 5.96. The molecule has 1 atom stereocenters. The van der Waals surface area contributed by atoms with Gasteiger partial charge in [-0.1, -0.05) is 0 Å². The minimum absolute atomic E-state index is 0.111. The largest absolute Gasteiger partial charge is 0.459 e. The lowest BCUT2D eigenvalue weighted by Crippen LogP contribution is -2.45. The third kappa shape index (κ3) is 2.67. The fraction of sp³-hybridized carbons (Fsp3) is 0.500. The number of hydrogen-bond donors (Lipinski definition) is 2. The van der Waals surface area contributed by atoms with Crippen molar-refractivity contribution >= 4 is 11.8 Å². The van der Waals surface area contributed by atoms with Crippen LogP contribution in [0.3, 0.4) is 0 Å². The van der Waals surface area contributed by atoms with Crippen molar-refractivity contribution < 1.29 is 14.0 Å². The minimum Gasteiger partial charge on any atom is -0.459 e. The lowest BCUT2D eigenvalue weighted by molar-refractivity contribution is -0.122. The second kappa shape index (κ2) is 5.03. The van der Waals surface area contributed by atoms with Gasteiger partial charge in [0.05, 0.1) is 6.26 Å². The van der Waals surface area contributed by atoms with E-state index < -0.39 is 6.04 Å². The number of rotatable bonds is 2. The van der Waals surface area contributed by atoms with Gasteiger partial charge in [-0.2, -0.15) is 0 Å². The van der Waals surface area contributed by atoms with Crippen molar-refractivity contribution in [2.45, 2.75) is 32.2 Å². The molecule has 0 radical (unpaired) electrons. The quantitative estimate of drug-likeness (QED) is 0.804. The minimum atomic E-state index is -0.450. The zero-order chi connectivity index (χ0) is 12.3. The Bertz CT molecular complexity index is 425. The average molecular weight is 236 g/mol. The van der Waals surface area contributed by atoms with Gasteiger partial charge in [-0.25, -0.2) is 0 Å². The smallest absolute Gasteiger partial charge is 0.287 e. The molecule has 2 amide bonds. The SMILES string of the molecule is Cc1ccoc1C(=O)N[C@H]1CCCCNC1=O. The van der Waals surface area contributed by atoms with E-state index >= 15 is 0 Å². The first-order valence-electron chi connectivity index (χ1n) is 5.81. The standard InChI is InChI=1S/C12H16N2O3/c1-8-5-7-17-10(8)12(16)14-9-4-2-3-6-13-11(9)15/h5,7,9H,2-4,6H2,1H3,(H,13,15)(H,14,16)/t9-/m0/s1. The molecule has 2 heterocycles. The molecule has 0 unspecified atom stereocenters. The van der Waals surface area contributed by atoms with E-state index in [1.165, 1.54) is 6.26 Å². The van der Waals surface area contributed by atoms with Gasteiger partial charge >= 0.3 is 0 Å². The number of carbonyl (C=O) groups excluding carboxylic acids is 2. The summed E-state index contributed by atoms with van der Waals surface area (Å²) in [6, 6.07) is 1.27. The maximum Gasteiger partial charge on any atom is 0.287 e. The van der Waals surface area contributed by atoms with Gasteiger partial charge in [0.2, 0.25) is 5.91 Å². The highest BCUT2D eigenvalue weighted by Gasteiger charge is 2.24. The number of hydrogen-bond acceptors (Lipinski definition) is 3. The summed E-state index contributed by atoms with van der Waals surface area (Å²) < 4.78 is 5.09. The lowest BCUT2D eigenvalue weighted by atomic mass is 10.1. The van der Waals surface area contributed by atoms with Crippen molar-refractivity contribution in [2.75, 3.05) is 6.54 Å². The monoisotopic (exact) mass is 236 g/mol. The van der Waals surface area contributed by atoms with Crippen molar-refractivity contribution in [1.29, 1.82) is 0 Å². The Kier molecular flexibility index (Phi) is 3.46. The van der Waals surface area contributed by atoms with E-state index in [2.05, 4.69) is 10.6 Å². The average Bonchev–Trinajstić information content (AvgIpc) is 2.63. The maximum absolute atomic E-state index is 11.9. The summed E-state index contributed by atoms with van der Waals surface area (Å²) in [5.41, 5.74) is 0.775. The van der Waals surface area contributed by atoms with E-state index in [9.17, 15) is 9.59 Å². The Labute approximate surface area is 99.6 Å². The molecule has 5 nitrogen and oxygen atoms in total. The third-order valence-corrected chi connectivity index (χ3v) is 2.91. The second-order valence-electron chi connectivity index (χ2n) is 4.25. The van der Waals surface area contributed by atoms with Crippen LogP contribution in [0.1, 0.15) is 35.4 Å². The molecule has 2 rings (SSSR count). The number of aryl methyl sites for hydroxylation is 1. The van der Waals surface area contributed by atoms with Crippen molar-refractivity contribution in [3.05, 3.63) is 23.7 Å². The van der Waals surface area contributed by atoms with E-state index in [0.29, 0.717) is 13.0 Å². The molecule has 0 aromatic carbocycles. The zero-order valence-electron chi connectivity index (χ0n) is 9.79. The molecule has 92 valence electrons. The van der Waals surface area contributed by atoms with E-state index in [1.54, 1.807) is 13.0 Å². The predicted octanol–water partition coefficient (Wildman–Crippen LogP) is 0.987. The first-order valence-corrected chi connectivity index (χ1v) is 5.81. The molecule has 17 heavy (non-hydrogen) atoms. The van der Waals surface area contributed by atoms with Crippen LogP contribution < -0.4 is 10.6 Å². The van der Waals surface area contributed by atoms with Crippen molar-refractivity contribution in [3.63, 3.8) is 0 Å². The summed E-state index contributed by atoms with van der Waals surface area (Å²) in [4.78, 5) is 23.5. The Morgan fingerprint density at radius 2 is 2.35 bits per heavy atom. The summed E-state index contributed by atoms with van der Waals surface area (Å²) in [5, 5.41) is 5.48. The van der Waals surface area contributed by atoms with Gasteiger partial charge in [-0.3, -0.25) is 9.59 Å². The van der Waals surface area contributed by atoms with Crippen LogP contribution in [0.5, 0.6) is 0 Å². The van der Waals surface area contributed by atoms with Gasteiger partial charge in [0.25, 0.3) is 5.91 Å². The topological polar surface area (TPSA) is 71.3 Å². The molecule has 1 aliphatic heterocycles. The first-order chi connectivity index (χ1) is 8.18. The van der Waals surface area contributed by atoms with Gasteiger partial charge < -0.3 is 15.1 Å². The Hall–Kier alpha value is -1.78. The van der Waals surface area contributed by atoms with Gasteiger partial charge in [0.15, 0.2) is 5.76 Å². The van der Waals surface area contributed by atoms with Crippen LogP contribution in [0.25, 0.3) is 0 Å². The molecule has 0 bridgehead atoms. The van der Waals surface area contributed by atoms with Crippen LogP contribution in [0.4, 0.5) is 0 Å². The lowest BCUT2D eigenvalue weighted by Gasteiger charge is -2.14. The number of furan rings is 1. The van der Waals surface area contributed by atoms with Crippen LogP contribution in [0.2, 0.25) is 0 Å². The summed E-state index contributed by atoms with van der Waals surface area (Å²) in [7, 11) is 0. The van der Waals surface area contributed by atoms with Crippen molar-refractivity contribution in [3.8, 4) is 0 Å². The molecule has 0 aliphatic carbocycles. The molecule has 1 aliphatic rings. The highest BCUT2D eigenvalue weighted by Crippen LogP contribution is 2.11. The molecule has 0 saturated carbocycles. The Morgan fingerprint density at radius 1 is 1.53 bits per heavy atom. The Morgan fingerprint density at radius 3 is 3.06 bits per heavy atom. The van der Waals surface area contributed by atoms with Crippen LogP contribution in [0, 0.1) is 6.92 Å². The molecule has 0 spiro atoms. The normalized spacial score (nSPS) is 20.5. The summed E-state index contributed by atoms with van der Waals surface area (Å²) in [6.45, 7) is 2.48. The first kappa shape index (κ1) is 11.7. The second-order valence-corrected chi connectivity index (χ2v) is 4.25. The molecular weight excluding hydrogens is 220 g/mol. The molecule has 1 aromatic heterocycles. The predicted molar refractivity (Wildman–Crippen MR) is 61.6 cm³/mol. The summed E-state index contributed by atoms with van der Waals surface area (Å²) in [6.07, 6.45) is 4.04. The van der Waals surface area contributed by atoms with E-state index in [0.717, 1.165) is 18.4 Å². The van der Waals surface area contributed by atoms with Crippen LogP contribution in [0.15, 0.2) is 16.7 Å². The molecule has 1 aromatic rings. The molecule has 2 N–H and O–H groups in total. The van der Waals surface area contributed by atoms with Crippen LogP contribution in [-0.4, -0.2) is 24.4 Å². The summed E-state index contributed by atoms with van der Waals surface area (Å²) in [5.74, 6) is -0.156. The van der Waals surface area contributed by atoms with Gasteiger partial charge in [0, 0.05) is 12.1 Å². The molecular formula is C12H16N2O3. The van der Waals surface area contributed by atoms with Gasteiger partial charge in [0.1, 0.15) is 6.04 Å². The Balaban J connectivity index is 2.02. The van der Waals surface area contributed by atoms with E-state index in [-0.39, 0.29) is 17.6 Å². The molecule has 1 saturated heterocycles. The van der Waals surface area contributed by atoms with Gasteiger partial charge in [-0.05, 0) is 32.3 Å². The third-order valence-electron chi connectivity index (χ3n) is 2.91.